The Labute approximate surface area is 98.6 Å². The van der Waals surface area contributed by atoms with Gasteiger partial charge in [-0.25, -0.2) is 0 Å². The molecule has 0 aliphatic heterocycles. The lowest BCUT2D eigenvalue weighted by atomic mass is 9.94. The van der Waals surface area contributed by atoms with E-state index in [-0.39, 0.29) is 0 Å². The minimum Gasteiger partial charge on any atom is -0.379 e. The van der Waals surface area contributed by atoms with E-state index in [4.69, 9.17) is 0 Å². The summed E-state index contributed by atoms with van der Waals surface area (Å²) in [6.45, 7) is 5.76. The molecule has 0 amide bonds. The van der Waals surface area contributed by atoms with Gasteiger partial charge in [-0.2, -0.15) is 0 Å². The second kappa shape index (κ2) is 5.96. The predicted molar refractivity (Wildman–Crippen MR) is 64.7 cm³/mol. The van der Waals surface area contributed by atoms with Gasteiger partial charge in [0.1, 0.15) is 12.0 Å². The number of rotatable bonds is 5. The molecule has 0 bridgehead atoms. The highest BCUT2D eigenvalue weighted by Gasteiger charge is 2.25. The van der Waals surface area contributed by atoms with Crippen LogP contribution >= 0.6 is 0 Å². The van der Waals surface area contributed by atoms with Gasteiger partial charge in [0.25, 0.3) is 0 Å². The lowest BCUT2D eigenvalue weighted by Gasteiger charge is -2.37. The van der Waals surface area contributed by atoms with Crippen LogP contribution in [0.15, 0.2) is 0 Å². The molecule has 0 aromatic heterocycles. The van der Waals surface area contributed by atoms with Crippen LogP contribution in [0.2, 0.25) is 0 Å². The molecule has 1 aliphatic rings. The van der Waals surface area contributed by atoms with Crippen molar-refractivity contribution in [3.8, 4) is 0 Å². The van der Waals surface area contributed by atoms with Gasteiger partial charge in [0.05, 0.1) is 6.67 Å². The maximum atomic E-state index is 9.77. The van der Waals surface area contributed by atoms with Crippen LogP contribution in [0.4, 0.5) is 0 Å². The Hall–Kier alpha value is -0.160. The fourth-order valence-electron chi connectivity index (χ4n) is 2.26. The molecule has 0 radical (unpaired) electrons. The lowest BCUT2D eigenvalue weighted by Crippen LogP contribution is -2.52. The van der Waals surface area contributed by atoms with Gasteiger partial charge in [0.2, 0.25) is 0 Å². The summed E-state index contributed by atoms with van der Waals surface area (Å²) in [4.78, 5) is 2.04. The highest BCUT2D eigenvalue weighted by Crippen LogP contribution is 2.23. The number of hydrogen-bond acceptors (Lipinski definition) is 4. The molecule has 0 saturated heterocycles. The Morgan fingerprint density at radius 1 is 1.31 bits per heavy atom. The predicted octanol–water partition coefficient (Wildman–Crippen LogP) is 1.23. The van der Waals surface area contributed by atoms with Gasteiger partial charge >= 0.3 is 0 Å². The third-order valence-electron chi connectivity index (χ3n) is 3.22. The molecule has 0 aromatic rings. The quantitative estimate of drug-likeness (QED) is 0.622. The van der Waals surface area contributed by atoms with Crippen molar-refractivity contribution in [2.45, 2.75) is 70.9 Å². The first-order chi connectivity index (χ1) is 7.40. The van der Waals surface area contributed by atoms with Gasteiger partial charge in [-0.15, -0.1) is 0 Å². The fourth-order valence-corrected chi connectivity index (χ4v) is 2.26. The topological polar surface area (TPSA) is 55.7 Å². The lowest BCUT2D eigenvalue weighted by molar-refractivity contribution is -0.0522. The largest absolute Gasteiger partial charge is 0.379 e. The average molecular weight is 230 g/mol. The Bertz CT molecular complexity index is 196. The molecule has 1 atom stereocenters. The van der Waals surface area contributed by atoms with Crippen molar-refractivity contribution in [1.29, 1.82) is 0 Å². The molecule has 1 aliphatic carbocycles. The standard InChI is InChI=1S/C12H26N2O2/c1-10(15)14(9-13-12(2,3)16)11-7-5-4-6-8-11/h10-11,13,15-16H,4-9H2,1-3H3. The summed E-state index contributed by atoms with van der Waals surface area (Å²) in [5.74, 6) is 0. The molecule has 96 valence electrons. The number of hydrogen-bond donors (Lipinski definition) is 3. The van der Waals surface area contributed by atoms with Crippen molar-refractivity contribution in [2.75, 3.05) is 6.67 Å². The third kappa shape index (κ3) is 4.78. The summed E-state index contributed by atoms with van der Waals surface area (Å²) >= 11 is 0. The molecule has 0 aromatic carbocycles. The summed E-state index contributed by atoms with van der Waals surface area (Å²) in [6.07, 6.45) is 5.64. The SMILES string of the molecule is CC(O)N(CNC(C)(C)O)C1CCCCC1. The van der Waals surface area contributed by atoms with Crippen molar-refractivity contribution < 1.29 is 10.2 Å². The van der Waals surface area contributed by atoms with E-state index in [1.54, 1.807) is 20.8 Å². The Kier molecular flexibility index (Phi) is 5.18. The van der Waals surface area contributed by atoms with E-state index in [2.05, 4.69) is 5.32 Å². The van der Waals surface area contributed by atoms with E-state index < -0.39 is 12.0 Å². The smallest absolute Gasteiger partial charge is 0.111 e. The summed E-state index contributed by atoms with van der Waals surface area (Å²) < 4.78 is 0. The maximum absolute atomic E-state index is 9.77. The van der Waals surface area contributed by atoms with E-state index in [1.165, 1.54) is 19.3 Å². The first-order valence-corrected chi connectivity index (χ1v) is 6.31. The molecular formula is C12H26N2O2. The van der Waals surface area contributed by atoms with Gasteiger partial charge in [-0.05, 0) is 33.6 Å². The van der Waals surface area contributed by atoms with E-state index in [1.807, 2.05) is 4.90 Å². The van der Waals surface area contributed by atoms with Gasteiger partial charge in [-0.3, -0.25) is 10.2 Å². The van der Waals surface area contributed by atoms with Crippen molar-refractivity contribution in [1.82, 2.24) is 10.2 Å². The highest BCUT2D eigenvalue weighted by molar-refractivity contribution is 4.77. The Morgan fingerprint density at radius 3 is 2.31 bits per heavy atom. The molecule has 0 heterocycles. The van der Waals surface area contributed by atoms with Crippen LogP contribution in [0, 0.1) is 0 Å². The molecule has 4 nitrogen and oxygen atoms in total. The summed E-state index contributed by atoms with van der Waals surface area (Å²) in [5.41, 5.74) is -0.887. The number of aliphatic hydroxyl groups excluding tert-OH is 1. The third-order valence-corrected chi connectivity index (χ3v) is 3.22. The molecule has 1 unspecified atom stereocenters. The summed E-state index contributed by atoms with van der Waals surface area (Å²) in [7, 11) is 0. The molecule has 4 heteroatoms. The van der Waals surface area contributed by atoms with Gasteiger partial charge < -0.3 is 10.2 Å². The number of aliphatic hydroxyl groups is 2. The zero-order chi connectivity index (χ0) is 12.2. The van der Waals surface area contributed by atoms with Crippen LogP contribution in [0.1, 0.15) is 52.9 Å². The second-order valence-corrected chi connectivity index (χ2v) is 5.33. The van der Waals surface area contributed by atoms with Crippen LogP contribution in [-0.2, 0) is 0 Å². The van der Waals surface area contributed by atoms with Crippen LogP contribution < -0.4 is 5.32 Å². The van der Waals surface area contributed by atoms with Crippen LogP contribution in [0.25, 0.3) is 0 Å². The molecule has 1 saturated carbocycles. The maximum Gasteiger partial charge on any atom is 0.111 e. The molecule has 1 fully saturated rings. The van der Waals surface area contributed by atoms with Crippen molar-refractivity contribution in [3.63, 3.8) is 0 Å². The van der Waals surface area contributed by atoms with E-state index >= 15 is 0 Å². The van der Waals surface area contributed by atoms with Gasteiger partial charge in [0, 0.05) is 6.04 Å². The minimum absolute atomic E-state index is 0.448. The second-order valence-electron chi connectivity index (χ2n) is 5.33. The van der Waals surface area contributed by atoms with Crippen molar-refractivity contribution in [3.05, 3.63) is 0 Å². The molecule has 16 heavy (non-hydrogen) atoms. The Morgan fingerprint density at radius 2 is 1.88 bits per heavy atom. The van der Waals surface area contributed by atoms with Gasteiger partial charge in [-0.1, -0.05) is 19.3 Å². The van der Waals surface area contributed by atoms with Gasteiger partial charge in [0.15, 0.2) is 0 Å². The first kappa shape index (κ1) is 13.9. The van der Waals surface area contributed by atoms with E-state index in [9.17, 15) is 10.2 Å². The van der Waals surface area contributed by atoms with Crippen LogP contribution in [-0.4, -0.2) is 39.8 Å². The molecule has 0 spiro atoms. The summed E-state index contributed by atoms with van der Waals surface area (Å²) in [5, 5.41) is 22.4. The van der Waals surface area contributed by atoms with Crippen LogP contribution in [0.5, 0.6) is 0 Å². The molecular weight excluding hydrogens is 204 g/mol. The normalized spacial score (nSPS) is 21.4. The monoisotopic (exact) mass is 230 g/mol. The van der Waals surface area contributed by atoms with E-state index in [0.717, 1.165) is 12.8 Å². The number of nitrogens with zero attached hydrogens (tertiary/aromatic N) is 1. The minimum atomic E-state index is -0.887. The molecule has 1 rings (SSSR count). The summed E-state index contributed by atoms with van der Waals surface area (Å²) in [6, 6.07) is 0.448. The number of nitrogens with one attached hydrogen (secondary N) is 1. The van der Waals surface area contributed by atoms with Crippen LogP contribution in [0.3, 0.4) is 0 Å². The zero-order valence-corrected chi connectivity index (χ0v) is 10.7. The molecule has 3 N–H and O–H groups in total. The first-order valence-electron chi connectivity index (χ1n) is 6.31. The average Bonchev–Trinajstić information content (AvgIpc) is 2.17. The fraction of sp³-hybridized carbons (Fsp3) is 1.00. The van der Waals surface area contributed by atoms with Crippen molar-refractivity contribution >= 4 is 0 Å². The van der Waals surface area contributed by atoms with Crippen molar-refractivity contribution in [2.24, 2.45) is 0 Å². The van der Waals surface area contributed by atoms with E-state index in [0.29, 0.717) is 12.7 Å². The Balaban J connectivity index is 2.46. The zero-order valence-electron chi connectivity index (χ0n) is 10.7. The highest BCUT2D eigenvalue weighted by atomic mass is 16.3.